The molecule has 0 heterocycles. The molecule has 0 saturated heterocycles. The van der Waals surface area contributed by atoms with Crippen molar-refractivity contribution in [1.29, 1.82) is 0 Å². The van der Waals surface area contributed by atoms with Gasteiger partial charge in [0.15, 0.2) is 0 Å². The van der Waals surface area contributed by atoms with Crippen molar-refractivity contribution in [2.24, 2.45) is 0 Å². The third-order valence-corrected chi connectivity index (χ3v) is 4.60. The van der Waals surface area contributed by atoms with Crippen LogP contribution in [0.5, 0.6) is 0 Å². The zero-order valence-corrected chi connectivity index (χ0v) is 13.6. The Morgan fingerprint density at radius 3 is 2.29 bits per heavy atom. The molecule has 4 heteroatoms. The number of hydrogen-bond donors (Lipinski definition) is 2. The van der Waals surface area contributed by atoms with Crippen molar-refractivity contribution in [3.8, 4) is 0 Å². The molecule has 0 fully saturated rings. The Morgan fingerprint density at radius 2 is 1.46 bits per heavy atom. The molecule has 3 N–H and O–H groups in total. The molecule has 0 aliphatic carbocycles. The molecule has 0 aromatic heterocycles. The number of anilines is 2. The van der Waals surface area contributed by atoms with Crippen LogP contribution in [0.15, 0.2) is 60.7 Å². The van der Waals surface area contributed by atoms with Gasteiger partial charge in [0.1, 0.15) is 5.88 Å². The Hall–Kier alpha value is -2.78. The van der Waals surface area contributed by atoms with Crippen LogP contribution in [-0.4, -0.2) is 11.8 Å². The fourth-order valence-corrected chi connectivity index (χ4v) is 3.29. The molecular formula is C20H15ClN2O. The van der Waals surface area contributed by atoms with Crippen LogP contribution in [-0.2, 0) is 4.79 Å². The zero-order valence-electron chi connectivity index (χ0n) is 12.8. The first-order valence-electron chi connectivity index (χ1n) is 7.67. The molecule has 0 aliphatic heterocycles. The second-order valence-corrected chi connectivity index (χ2v) is 6.02. The Labute approximate surface area is 144 Å². The van der Waals surface area contributed by atoms with Crippen molar-refractivity contribution in [3.05, 3.63) is 60.7 Å². The maximum absolute atomic E-state index is 11.5. The number of carbonyl (C=O) groups excluding carboxylic acids is 1. The number of benzene rings is 4. The Kier molecular flexibility index (Phi) is 3.51. The minimum Gasteiger partial charge on any atom is -0.397 e. The predicted molar refractivity (Wildman–Crippen MR) is 103 cm³/mol. The molecule has 0 atom stereocenters. The van der Waals surface area contributed by atoms with E-state index >= 15 is 0 Å². The molecular weight excluding hydrogens is 320 g/mol. The molecule has 0 aliphatic rings. The summed E-state index contributed by atoms with van der Waals surface area (Å²) in [5.41, 5.74) is 7.42. The van der Waals surface area contributed by atoms with Crippen molar-refractivity contribution < 1.29 is 4.79 Å². The Bertz CT molecular complexity index is 1100. The van der Waals surface area contributed by atoms with Gasteiger partial charge in [-0.15, -0.1) is 11.6 Å². The predicted octanol–water partition coefficient (Wildman–Crippen LogP) is 4.91. The van der Waals surface area contributed by atoms with Crippen LogP contribution < -0.4 is 11.1 Å². The lowest BCUT2D eigenvalue weighted by Crippen LogP contribution is -2.13. The van der Waals surface area contributed by atoms with Gasteiger partial charge in [0.05, 0.1) is 11.4 Å². The third-order valence-electron chi connectivity index (χ3n) is 4.36. The highest BCUT2D eigenvalue weighted by Gasteiger charge is 2.10. The molecule has 4 aromatic rings. The zero-order chi connectivity index (χ0) is 16.7. The molecule has 0 bridgehead atoms. The lowest BCUT2D eigenvalue weighted by Gasteiger charge is -2.13. The van der Waals surface area contributed by atoms with Crippen LogP contribution in [0.3, 0.4) is 0 Å². The highest BCUT2D eigenvalue weighted by Crippen LogP contribution is 2.36. The molecule has 1 amide bonds. The molecule has 0 saturated carbocycles. The van der Waals surface area contributed by atoms with E-state index in [1.54, 1.807) is 0 Å². The van der Waals surface area contributed by atoms with E-state index in [1.165, 1.54) is 16.2 Å². The molecule has 4 aromatic carbocycles. The molecule has 24 heavy (non-hydrogen) atoms. The molecule has 0 unspecified atom stereocenters. The maximum atomic E-state index is 11.5. The van der Waals surface area contributed by atoms with Gasteiger partial charge in [-0.3, -0.25) is 4.79 Å². The minimum absolute atomic E-state index is 0.0960. The highest BCUT2D eigenvalue weighted by molar-refractivity contribution is 6.29. The molecule has 0 spiro atoms. The number of nitrogens with two attached hydrogens (primary N) is 1. The van der Waals surface area contributed by atoms with Crippen molar-refractivity contribution in [1.82, 2.24) is 0 Å². The molecule has 118 valence electrons. The van der Waals surface area contributed by atoms with Gasteiger partial charge in [-0.25, -0.2) is 0 Å². The smallest absolute Gasteiger partial charge is 0.239 e. The second kappa shape index (κ2) is 5.69. The quantitative estimate of drug-likeness (QED) is 0.311. The number of amides is 1. The average molecular weight is 335 g/mol. The molecule has 4 rings (SSSR count). The summed E-state index contributed by atoms with van der Waals surface area (Å²) < 4.78 is 0. The van der Waals surface area contributed by atoms with Crippen LogP contribution in [0.25, 0.3) is 32.3 Å². The van der Waals surface area contributed by atoms with Crippen molar-refractivity contribution >= 4 is 61.2 Å². The van der Waals surface area contributed by atoms with Crippen molar-refractivity contribution in [2.75, 3.05) is 16.9 Å². The van der Waals surface area contributed by atoms with Gasteiger partial charge in [0.25, 0.3) is 0 Å². The number of nitrogen functional groups attached to an aromatic ring is 1. The van der Waals surface area contributed by atoms with E-state index in [2.05, 4.69) is 35.6 Å². The lowest BCUT2D eigenvalue weighted by molar-refractivity contribution is -0.113. The van der Waals surface area contributed by atoms with E-state index < -0.39 is 0 Å². The van der Waals surface area contributed by atoms with Gasteiger partial charge in [0, 0.05) is 5.39 Å². The summed E-state index contributed by atoms with van der Waals surface area (Å²) in [6.07, 6.45) is 0. The van der Waals surface area contributed by atoms with Gasteiger partial charge < -0.3 is 11.1 Å². The number of nitrogens with one attached hydrogen (secondary N) is 1. The monoisotopic (exact) mass is 334 g/mol. The molecule has 3 nitrogen and oxygen atoms in total. The normalized spacial score (nSPS) is 11.2. The second-order valence-electron chi connectivity index (χ2n) is 5.75. The Balaban J connectivity index is 2.00. The van der Waals surface area contributed by atoms with E-state index in [4.69, 9.17) is 17.3 Å². The van der Waals surface area contributed by atoms with Gasteiger partial charge in [0.2, 0.25) is 5.91 Å². The number of fused-ring (bicyclic) bond motifs is 5. The first-order chi connectivity index (χ1) is 11.7. The Morgan fingerprint density at radius 1 is 0.833 bits per heavy atom. The summed E-state index contributed by atoms with van der Waals surface area (Å²) >= 11 is 5.55. The van der Waals surface area contributed by atoms with Crippen molar-refractivity contribution in [2.45, 2.75) is 0 Å². The summed E-state index contributed by atoms with van der Waals surface area (Å²) in [6.45, 7) is 0. The van der Waals surface area contributed by atoms with Gasteiger partial charge in [-0.2, -0.15) is 0 Å². The van der Waals surface area contributed by atoms with Crippen LogP contribution >= 0.6 is 11.6 Å². The number of hydrogen-bond acceptors (Lipinski definition) is 2. The first-order valence-corrected chi connectivity index (χ1v) is 8.21. The average Bonchev–Trinajstić information content (AvgIpc) is 2.63. The summed E-state index contributed by atoms with van der Waals surface area (Å²) in [5.74, 6) is -0.365. The van der Waals surface area contributed by atoms with E-state index in [-0.39, 0.29) is 11.8 Å². The van der Waals surface area contributed by atoms with Crippen LogP contribution in [0.2, 0.25) is 0 Å². The highest BCUT2D eigenvalue weighted by atomic mass is 35.5. The fourth-order valence-electron chi connectivity index (χ4n) is 3.22. The van der Waals surface area contributed by atoms with E-state index in [1.807, 2.05) is 30.3 Å². The summed E-state index contributed by atoms with van der Waals surface area (Å²) in [7, 11) is 0. The third kappa shape index (κ3) is 2.25. The van der Waals surface area contributed by atoms with Crippen LogP contribution in [0.4, 0.5) is 11.4 Å². The maximum Gasteiger partial charge on any atom is 0.239 e. The molecule has 0 radical (unpaired) electrons. The SMILES string of the molecule is Nc1c(NC(=O)CCl)ccc2c1ccc1c3ccccc3ccc21. The summed E-state index contributed by atoms with van der Waals surface area (Å²) in [4.78, 5) is 11.5. The summed E-state index contributed by atoms with van der Waals surface area (Å²) in [6, 6.07) is 20.5. The number of halogens is 1. The van der Waals surface area contributed by atoms with Gasteiger partial charge in [-0.1, -0.05) is 54.6 Å². The van der Waals surface area contributed by atoms with E-state index in [9.17, 15) is 4.79 Å². The number of rotatable bonds is 2. The van der Waals surface area contributed by atoms with E-state index in [0.717, 1.165) is 16.2 Å². The number of alkyl halides is 1. The standard InChI is InChI=1S/C20H15ClN2O/c21-11-19(24)23-18-10-9-16-15-6-5-12-3-1-2-4-13(12)14(15)7-8-17(16)20(18)22/h1-10H,11,22H2,(H,23,24). The number of carbonyl (C=O) groups is 1. The van der Waals surface area contributed by atoms with Gasteiger partial charge in [-0.05, 0) is 33.0 Å². The summed E-state index contributed by atoms with van der Waals surface area (Å²) in [5, 5.41) is 9.49. The van der Waals surface area contributed by atoms with Gasteiger partial charge >= 0.3 is 0 Å². The van der Waals surface area contributed by atoms with Crippen LogP contribution in [0.1, 0.15) is 0 Å². The fraction of sp³-hybridized carbons (Fsp3) is 0.0500. The largest absolute Gasteiger partial charge is 0.397 e. The van der Waals surface area contributed by atoms with Crippen molar-refractivity contribution in [3.63, 3.8) is 0 Å². The lowest BCUT2D eigenvalue weighted by atomic mass is 9.96. The first kappa shape index (κ1) is 14.8. The van der Waals surface area contributed by atoms with Crippen LogP contribution in [0, 0.1) is 0 Å². The van der Waals surface area contributed by atoms with E-state index in [0.29, 0.717) is 11.4 Å². The topological polar surface area (TPSA) is 55.1 Å². The minimum atomic E-state index is -0.269.